The van der Waals surface area contributed by atoms with Crippen LogP contribution in [0.5, 0.6) is 0 Å². The molecule has 1 aliphatic rings. The molecule has 3 heteroatoms. The zero-order chi connectivity index (χ0) is 13.6. The van der Waals surface area contributed by atoms with E-state index in [1.54, 1.807) is 0 Å². The van der Waals surface area contributed by atoms with E-state index in [0.717, 1.165) is 6.54 Å². The van der Waals surface area contributed by atoms with Gasteiger partial charge in [-0.3, -0.25) is 0 Å². The maximum Gasteiger partial charge on any atom is 0.0595 e. The molecule has 108 valence electrons. The Morgan fingerprint density at radius 2 is 1.94 bits per heavy atom. The van der Waals surface area contributed by atoms with Gasteiger partial charge in [0.05, 0.1) is 6.10 Å². The van der Waals surface area contributed by atoms with Crippen molar-refractivity contribution in [1.82, 2.24) is 10.2 Å². The van der Waals surface area contributed by atoms with Gasteiger partial charge in [0.15, 0.2) is 0 Å². The molecule has 18 heavy (non-hydrogen) atoms. The van der Waals surface area contributed by atoms with Gasteiger partial charge in [-0.1, -0.05) is 20.8 Å². The number of likely N-dealkylation sites (tertiary alicyclic amines) is 1. The van der Waals surface area contributed by atoms with Gasteiger partial charge in [0, 0.05) is 32.8 Å². The summed E-state index contributed by atoms with van der Waals surface area (Å²) in [6.07, 6.45) is 4.06. The lowest BCUT2D eigenvalue weighted by Gasteiger charge is -2.40. The van der Waals surface area contributed by atoms with E-state index in [2.05, 4.69) is 37.9 Å². The van der Waals surface area contributed by atoms with Crippen LogP contribution < -0.4 is 5.32 Å². The van der Waals surface area contributed by atoms with Crippen LogP contribution in [0.1, 0.15) is 47.0 Å². The molecule has 1 fully saturated rings. The normalized spacial score (nSPS) is 21.2. The number of ether oxygens (including phenoxy) is 1. The molecule has 1 unspecified atom stereocenters. The zero-order valence-electron chi connectivity index (χ0n) is 13.0. The molecule has 3 nitrogen and oxygen atoms in total. The molecule has 0 spiro atoms. The van der Waals surface area contributed by atoms with Crippen LogP contribution in [-0.4, -0.2) is 50.3 Å². The lowest BCUT2D eigenvalue weighted by Crippen LogP contribution is -2.49. The van der Waals surface area contributed by atoms with E-state index in [-0.39, 0.29) is 0 Å². The van der Waals surface area contributed by atoms with Crippen LogP contribution in [0, 0.1) is 5.41 Å². The molecule has 0 aliphatic carbocycles. The molecular weight excluding hydrogens is 224 g/mol. The summed E-state index contributed by atoms with van der Waals surface area (Å²) in [5.74, 6) is 0. The van der Waals surface area contributed by atoms with Gasteiger partial charge < -0.3 is 15.0 Å². The summed E-state index contributed by atoms with van der Waals surface area (Å²) < 4.78 is 5.43. The highest BCUT2D eigenvalue weighted by molar-refractivity contribution is 4.85. The molecule has 1 N–H and O–H groups in total. The predicted molar refractivity (Wildman–Crippen MR) is 78.0 cm³/mol. The van der Waals surface area contributed by atoms with Gasteiger partial charge in [0.25, 0.3) is 0 Å². The van der Waals surface area contributed by atoms with Crippen LogP contribution in [0.2, 0.25) is 0 Å². The molecule has 0 saturated carbocycles. The first-order chi connectivity index (χ1) is 8.49. The standard InChI is InChI=1S/C15H32N2O/c1-6-9-16-13(2)15(3,4)12-17-10-7-14(18-5)8-11-17/h13-14,16H,6-12H2,1-5H3. The summed E-state index contributed by atoms with van der Waals surface area (Å²) in [7, 11) is 1.83. The lowest BCUT2D eigenvalue weighted by atomic mass is 9.84. The average Bonchev–Trinajstić information content (AvgIpc) is 2.36. The number of nitrogens with zero attached hydrogens (tertiary/aromatic N) is 1. The Balaban J connectivity index is 2.36. The van der Waals surface area contributed by atoms with Crippen LogP contribution in [0.4, 0.5) is 0 Å². The first kappa shape index (κ1) is 15.9. The maximum atomic E-state index is 5.43. The third-order valence-corrected chi connectivity index (χ3v) is 4.37. The summed E-state index contributed by atoms with van der Waals surface area (Å²) in [6.45, 7) is 14.0. The summed E-state index contributed by atoms with van der Waals surface area (Å²) in [5, 5.41) is 3.63. The van der Waals surface area contributed by atoms with Gasteiger partial charge in [-0.25, -0.2) is 0 Å². The fourth-order valence-corrected chi connectivity index (χ4v) is 2.65. The number of nitrogens with one attached hydrogen (secondary N) is 1. The minimum absolute atomic E-state index is 0.328. The summed E-state index contributed by atoms with van der Waals surface area (Å²) in [6, 6.07) is 0.567. The molecule has 0 aromatic carbocycles. The van der Waals surface area contributed by atoms with Crippen molar-refractivity contribution in [2.45, 2.75) is 59.1 Å². The Morgan fingerprint density at radius 3 is 2.44 bits per heavy atom. The highest BCUT2D eigenvalue weighted by atomic mass is 16.5. The molecule has 0 amide bonds. The molecule has 1 aliphatic heterocycles. The van der Waals surface area contributed by atoms with Crippen molar-refractivity contribution >= 4 is 0 Å². The Bertz CT molecular complexity index is 223. The number of piperidine rings is 1. The molecule has 1 saturated heterocycles. The van der Waals surface area contributed by atoms with E-state index in [1.165, 1.54) is 38.9 Å². The number of methoxy groups -OCH3 is 1. The van der Waals surface area contributed by atoms with E-state index in [0.29, 0.717) is 17.6 Å². The molecule has 0 aromatic heterocycles. The Kier molecular flexibility index (Phi) is 6.61. The first-order valence-corrected chi connectivity index (χ1v) is 7.48. The van der Waals surface area contributed by atoms with Gasteiger partial charge in [0.1, 0.15) is 0 Å². The Hall–Kier alpha value is -0.120. The smallest absolute Gasteiger partial charge is 0.0595 e. The highest BCUT2D eigenvalue weighted by Crippen LogP contribution is 2.24. The maximum absolute atomic E-state index is 5.43. The van der Waals surface area contributed by atoms with Gasteiger partial charge in [-0.15, -0.1) is 0 Å². The van der Waals surface area contributed by atoms with Gasteiger partial charge in [-0.2, -0.15) is 0 Å². The molecule has 1 heterocycles. The Morgan fingerprint density at radius 1 is 1.33 bits per heavy atom. The van der Waals surface area contributed by atoms with Crippen LogP contribution >= 0.6 is 0 Å². The lowest BCUT2D eigenvalue weighted by molar-refractivity contribution is 0.0260. The monoisotopic (exact) mass is 256 g/mol. The van der Waals surface area contributed by atoms with E-state index < -0.39 is 0 Å². The van der Waals surface area contributed by atoms with Crippen molar-refractivity contribution in [3.63, 3.8) is 0 Å². The predicted octanol–water partition coefficient (Wildman–Crippen LogP) is 2.51. The molecule has 1 atom stereocenters. The Labute approximate surface area is 113 Å². The minimum atomic E-state index is 0.328. The van der Waals surface area contributed by atoms with Gasteiger partial charge >= 0.3 is 0 Å². The molecular formula is C15H32N2O. The van der Waals surface area contributed by atoms with Crippen molar-refractivity contribution in [1.29, 1.82) is 0 Å². The summed E-state index contributed by atoms with van der Waals surface area (Å²) in [5.41, 5.74) is 0.328. The fraction of sp³-hybridized carbons (Fsp3) is 1.00. The minimum Gasteiger partial charge on any atom is -0.381 e. The molecule has 0 bridgehead atoms. The topological polar surface area (TPSA) is 24.5 Å². The van der Waals surface area contributed by atoms with Crippen molar-refractivity contribution in [3.8, 4) is 0 Å². The number of rotatable bonds is 7. The summed E-state index contributed by atoms with van der Waals surface area (Å²) >= 11 is 0. The SMILES string of the molecule is CCCNC(C)C(C)(C)CN1CCC(OC)CC1. The third kappa shape index (κ3) is 4.87. The van der Waals surface area contributed by atoms with Crippen LogP contribution in [-0.2, 0) is 4.74 Å². The van der Waals surface area contributed by atoms with Crippen molar-refractivity contribution in [3.05, 3.63) is 0 Å². The van der Waals surface area contributed by atoms with Gasteiger partial charge in [0.2, 0.25) is 0 Å². The largest absolute Gasteiger partial charge is 0.381 e. The highest BCUT2D eigenvalue weighted by Gasteiger charge is 2.29. The van der Waals surface area contributed by atoms with Crippen LogP contribution in [0.3, 0.4) is 0 Å². The number of hydrogen-bond donors (Lipinski definition) is 1. The third-order valence-electron chi connectivity index (χ3n) is 4.37. The van der Waals surface area contributed by atoms with Crippen molar-refractivity contribution < 1.29 is 4.74 Å². The second kappa shape index (κ2) is 7.46. The van der Waals surface area contributed by atoms with E-state index in [9.17, 15) is 0 Å². The van der Waals surface area contributed by atoms with Crippen molar-refractivity contribution in [2.75, 3.05) is 33.3 Å². The van der Waals surface area contributed by atoms with Crippen LogP contribution in [0.15, 0.2) is 0 Å². The second-order valence-corrected chi connectivity index (χ2v) is 6.38. The van der Waals surface area contributed by atoms with E-state index >= 15 is 0 Å². The quantitative estimate of drug-likeness (QED) is 0.757. The van der Waals surface area contributed by atoms with Crippen LogP contribution in [0.25, 0.3) is 0 Å². The molecule has 0 aromatic rings. The molecule has 0 radical (unpaired) electrons. The fourth-order valence-electron chi connectivity index (χ4n) is 2.65. The van der Waals surface area contributed by atoms with Gasteiger partial charge in [-0.05, 0) is 38.1 Å². The first-order valence-electron chi connectivity index (χ1n) is 7.48. The second-order valence-electron chi connectivity index (χ2n) is 6.38. The van der Waals surface area contributed by atoms with Crippen molar-refractivity contribution in [2.24, 2.45) is 5.41 Å². The number of hydrogen-bond acceptors (Lipinski definition) is 3. The van der Waals surface area contributed by atoms with E-state index in [1.807, 2.05) is 7.11 Å². The average molecular weight is 256 g/mol. The summed E-state index contributed by atoms with van der Waals surface area (Å²) in [4.78, 5) is 2.60. The molecule has 1 rings (SSSR count). The zero-order valence-corrected chi connectivity index (χ0v) is 13.0. The van der Waals surface area contributed by atoms with E-state index in [4.69, 9.17) is 4.74 Å².